The number of H-pyrrole nitrogens is 1. The number of nitrogens with one attached hydrogen (secondary N) is 1. The molecule has 0 amide bonds. The van der Waals surface area contributed by atoms with E-state index in [9.17, 15) is 4.79 Å². The van der Waals surface area contributed by atoms with E-state index >= 15 is 0 Å². The number of carbonyl (C=O) groups is 1. The fourth-order valence-corrected chi connectivity index (χ4v) is 3.53. The first-order chi connectivity index (χ1) is 12.8. The lowest BCUT2D eigenvalue weighted by Gasteiger charge is -2.31. The lowest BCUT2D eigenvalue weighted by Crippen LogP contribution is -2.34. The Balaban J connectivity index is 1.40. The third kappa shape index (κ3) is 2.52. The number of hydrogen-bond acceptors (Lipinski definition) is 4. The molecule has 1 saturated carbocycles. The van der Waals surface area contributed by atoms with E-state index in [-0.39, 0.29) is 12.0 Å². The number of aromatic nitrogens is 3. The molecule has 3 aromatic heterocycles. The van der Waals surface area contributed by atoms with Gasteiger partial charge in [0.1, 0.15) is 12.4 Å². The SMILES string of the molecule is O=CC1CC(Oc2ccc(-c3ccc4c(c3)[nH]c3ccncc34)cn2)C1. The van der Waals surface area contributed by atoms with E-state index in [1.807, 2.05) is 30.6 Å². The number of pyridine rings is 2. The number of rotatable bonds is 4. The Labute approximate surface area is 150 Å². The number of carbonyl (C=O) groups excluding carboxylic acids is 1. The largest absolute Gasteiger partial charge is 0.474 e. The predicted octanol–water partition coefficient (Wildman–Crippen LogP) is 4.13. The summed E-state index contributed by atoms with van der Waals surface area (Å²) in [6.45, 7) is 0. The van der Waals surface area contributed by atoms with E-state index in [1.165, 1.54) is 5.39 Å². The van der Waals surface area contributed by atoms with Crippen molar-refractivity contribution in [2.45, 2.75) is 18.9 Å². The Bertz CT molecular complexity index is 1100. The molecule has 1 aliphatic carbocycles. The standard InChI is InChI=1S/C21H17N3O2/c25-12-13-7-16(8-13)26-21-4-2-15(10-23-21)14-1-3-17-18-11-22-6-5-19(18)24-20(17)9-14/h1-6,9-13,16,24H,7-8H2. The van der Waals surface area contributed by atoms with Gasteiger partial charge in [0.05, 0.1) is 0 Å². The zero-order valence-corrected chi connectivity index (χ0v) is 14.1. The van der Waals surface area contributed by atoms with Crippen molar-refractivity contribution < 1.29 is 9.53 Å². The van der Waals surface area contributed by atoms with Crippen LogP contribution in [0.25, 0.3) is 32.9 Å². The minimum absolute atomic E-state index is 0.111. The summed E-state index contributed by atoms with van der Waals surface area (Å²) in [4.78, 5) is 22.7. The highest BCUT2D eigenvalue weighted by atomic mass is 16.5. The predicted molar refractivity (Wildman–Crippen MR) is 100 cm³/mol. The lowest BCUT2D eigenvalue weighted by atomic mass is 9.83. The van der Waals surface area contributed by atoms with Gasteiger partial charge in [0.15, 0.2) is 0 Å². The summed E-state index contributed by atoms with van der Waals surface area (Å²) in [5, 5.41) is 2.30. The molecular formula is C21H17N3O2. The third-order valence-corrected chi connectivity index (χ3v) is 5.08. The molecule has 1 aromatic carbocycles. The maximum absolute atomic E-state index is 10.7. The van der Waals surface area contributed by atoms with Crippen LogP contribution in [0.3, 0.4) is 0 Å². The minimum atomic E-state index is 0.111. The second-order valence-electron chi connectivity index (χ2n) is 6.80. The van der Waals surface area contributed by atoms with Crippen molar-refractivity contribution in [2.24, 2.45) is 5.92 Å². The molecule has 26 heavy (non-hydrogen) atoms. The van der Waals surface area contributed by atoms with Crippen molar-refractivity contribution >= 4 is 28.1 Å². The summed E-state index contributed by atoms with van der Waals surface area (Å²) >= 11 is 0. The van der Waals surface area contributed by atoms with Gasteiger partial charge in [0, 0.05) is 57.9 Å². The number of aldehydes is 1. The summed E-state index contributed by atoms with van der Waals surface area (Å²) in [7, 11) is 0. The quantitative estimate of drug-likeness (QED) is 0.566. The molecule has 0 bridgehead atoms. The van der Waals surface area contributed by atoms with Crippen molar-refractivity contribution in [3.05, 3.63) is 55.0 Å². The molecule has 5 nitrogen and oxygen atoms in total. The van der Waals surface area contributed by atoms with Crippen molar-refractivity contribution in [1.29, 1.82) is 0 Å². The van der Waals surface area contributed by atoms with Crippen LogP contribution in [-0.4, -0.2) is 27.3 Å². The first kappa shape index (κ1) is 15.1. The van der Waals surface area contributed by atoms with Crippen molar-refractivity contribution in [3.63, 3.8) is 0 Å². The highest BCUT2D eigenvalue weighted by Gasteiger charge is 2.30. The van der Waals surface area contributed by atoms with Gasteiger partial charge < -0.3 is 14.5 Å². The van der Waals surface area contributed by atoms with E-state index in [0.29, 0.717) is 5.88 Å². The van der Waals surface area contributed by atoms with E-state index in [4.69, 9.17) is 4.74 Å². The zero-order chi connectivity index (χ0) is 17.5. The normalized spacial score (nSPS) is 19.4. The summed E-state index contributed by atoms with van der Waals surface area (Å²) in [6.07, 6.45) is 8.21. The van der Waals surface area contributed by atoms with Gasteiger partial charge in [-0.1, -0.05) is 12.1 Å². The van der Waals surface area contributed by atoms with Crippen LogP contribution in [0, 0.1) is 5.92 Å². The van der Waals surface area contributed by atoms with Gasteiger partial charge in [0.25, 0.3) is 0 Å². The zero-order valence-electron chi connectivity index (χ0n) is 14.1. The number of hydrogen-bond donors (Lipinski definition) is 1. The van der Waals surface area contributed by atoms with E-state index in [0.717, 1.165) is 46.7 Å². The summed E-state index contributed by atoms with van der Waals surface area (Å²) < 4.78 is 5.80. The van der Waals surface area contributed by atoms with Crippen LogP contribution in [0.4, 0.5) is 0 Å². The second-order valence-corrected chi connectivity index (χ2v) is 6.80. The van der Waals surface area contributed by atoms with Gasteiger partial charge in [-0.15, -0.1) is 0 Å². The molecule has 3 heterocycles. The fraction of sp³-hybridized carbons (Fsp3) is 0.190. The number of fused-ring (bicyclic) bond motifs is 3. The van der Waals surface area contributed by atoms with Crippen LogP contribution in [0.1, 0.15) is 12.8 Å². The average Bonchev–Trinajstić information content (AvgIpc) is 3.02. The lowest BCUT2D eigenvalue weighted by molar-refractivity contribution is -0.116. The van der Waals surface area contributed by atoms with Crippen LogP contribution in [0.2, 0.25) is 0 Å². The molecule has 4 aromatic rings. The molecule has 5 heteroatoms. The molecule has 0 radical (unpaired) electrons. The Morgan fingerprint density at radius 3 is 2.69 bits per heavy atom. The van der Waals surface area contributed by atoms with Crippen molar-refractivity contribution in [1.82, 2.24) is 15.0 Å². The van der Waals surface area contributed by atoms with Gasteiger partial charge in [-0.05, 0) is 36.6 Å². The number of nitrogens with zero attached hydrogens (tertiary/aromatic N) is 2. The number of ether oxygens (including phenoxy) is 1. The second kappa shape index (κ2) is 5.95. The number of benzene rings is 1. The van der Waals surface area contributed by atoms with Gasteiger partial charge in [0.2, 0.25) is 5.88 Å². The fourth-order valence-electron chi connectivity index (χ4n) is 3.53. The van der Waals surface area contributed by atoms with Gasteiger partial charge in [-0.2, -0.15) is 0 Å². The highest BCUT2D eigenvalue weighted by molar-refractivity contribution is 6.07. The Morgan fingerprint density at radius 1 is 1.00 bits per heavy atom. The molecule has 0 unspecified atom stereocenters. The molecule has 128 valence electrons. The van der Waals surface area contributed by atoms with Crippen LogP contribution in [0.5, 0.6) is 5.88 Å². The molecule has 0 aliphatic heterocycles. The molecule has 0 saturated heterocycles. The van der Waals surface area contributed by atoms with E-state index in [2.05, 4.69) is 33.2 Å². The summed E-state index contributed by atoms with van der Waals surface area (Å²) in [6, 6.07) is 12.2. The molecule has 5 rings (SSSR count). The summed E-state index contributed by atoms with van der Waals surface area (Å²) in [5.41, 5.74) is 4.31. The topological polar surface area (TPSA) is 67.9 Å². The summed E-state index contributed by atoms with van der Waals surface area (Å²) in [5.74, 6) is 0.762. The Hall–Kier alpha value is -3.21. The van der Waals surface area contributed by atoms with Crippen LogP contribution >= 0.6 is 0 Å². The number of aromatic amines is 1. The smallest absolute Gasteiger partial charge is 0.213 e. The van der Waals surface area contributed by atoms with Crippen LogP contribution in [0.15, 0.2) is 55.0 Å². The van der Waals surface area contributed by atoms with Crippen molar-refractivity contribution in [3.8, 4) is 17.0 Å². The molecule has 1 N–H and O–H groups in total. The minimum Gasteiger partial charge on any atom is -0.474 e. The molecule has 1 aliphatic rings. The molecular weight excluding hydrogens is 326 g/mol. The maximum Gasteiger partial charge on any atom is 0.213 e. The molecule has 0 atom stereocenters. The monoisotopic (exact) mass is 343 g/mol. The van der Waals surface area contributed by atoms with Crippen LogP contribution < -0.4 is 4.74 Å². The Morgan fingerprint density at radius 2 is 1.88 bits per heavy atom. The first-order valence-electron chi connectivity index (χ1n) is 8.74. The molecule has 0 spiro atoms. The van der Waals surface area contributed by atoms with Gasteiger partial charge >= 0.3 is 0 Å². The first-order valence-corrected chi connectivity index (χ1v) is 8.74. The maximum atomic E-state index is 10.7. The average molecular weight is 343 g/mol. The van der Waals surface area contributed by atoms with Gasteiger partial charge in [-0.3, -0.25) is 4.98 Å². The molecule has 1 fully saturated rings. The van der Waals surface area contributed by atoms with Crippen molar-refractivity contribution in [2.75, 3.05) is 0 Å². The van der Waals surface area contributed by atoms with E-state index < -0.39 is 0 Å². The van der Waals surface area contributed by atoms with E-state index in [1.54, 1.807) is 6.20 Å². The third-order valence-electron chi connectivity index (χ3n) is 5.08. The highest BCUT2D eigenvalue weighted by Crippen LogP contribution is 2.31. The Kier molecular flexibility index (Phi) is 3.45. The van der Waals surface area contributed by atoms with Gasteiger partial charge in [-0.25, -0.2) is 4.98 Å². The van der Waals surface area contributed by atoms with Crippen LogP contribution in [-0.2, 0) is 4.79 Å².